The molecule has 1 aromatic rings. The largest absolute Gasteiger partial charge is 0.341 e. The van der Waals surface area contributed by atoms with Crippen molar-refractivity contribution in [3.05, 3.63) is 18.0 Å². The van der Waals surface area contributed by atoms with Gasteiger partial charge in [-0.3, -0.25) is 0 Å². The first kappa shape index (κ1) is 14.2. The van der Waals surface area contributed by atoms with Crippen LogP contribution in [0, 0.1) is 0 Å². The van der Waals surface area contributed by atoms with Crippen molar-refractivity contribution in [1.82, 2.24) is 20.2 Å². The molecule has 0 aromatic carbocycles. The summed E-state index contributed by atoms with van der Waals surface area (Å²) < 4.78 is 0. The Bertz CT molecular complexity index is 368. The second-order valence-electron chi connectivity index (χ2n) is 5.35. The van der Waals surface area contributed by atoms with Crippen LogP contribution in [0.2, 0.25) is 0 Å². The molecule has 0 saturated carbocycles. The van der Waals surface area contributed by atoms with E-state index >= 15 is 0 Å². The van der Waals surface area contributed by atoms with Gasteiger partial charge in [0.15, 0.2) is 0 Å². The predicted octanol–water partition coefficient (Wildman–Crippen LogP) is 1.12. The first-order valence-corrected chi connectivity index (χ1v) is 7.13. The average molecular weight is 263 g/mol. The van der Waals surface area contributed by atoms with Crippen molar-refractivity contribution in [3.63, 3.8) is 0 Å². The number of anilines is 1. The van der Waals surface area contributed by atoms with Gasteiger partial charge in [-0.2, -0.15) is 0 Å². The molecule has 2 rings (SSSR count). The van der Waals surface area contributed by atoms with E-state index in [1.807, 2.05) is 12.4 Å². The molecule has 2 heterocycles. The third-order valence-corrected chi connectivity index (χ3v) is 3.75. The highest BCUT2D eigenvalue weighted by Gasteiger charge is 2.21. The first-order chi connectivity index (χ1) is 9.20. The van der Waals surface area contributed by atoms with Crippen LogP contribution in [-0.2, 0) is 6.54 Å². The zero-order valence-corrected chi connectivity index (χ0v) is 12.3. The van der Waals surface area contributed by atoms with E-state index in [0.717, 1.165) is 37.7 Å². The molecule has 1 aliphatic heterocycles. The zero-order chi connectivity index (χ0) is 13.7. The fourth-order valence-corrected chi connectivity index (χ4v) is 2.45. The first-order valence-electron chi connectivity index (χ1n) is 7.13. The molecule has 106 valence electrons. The van der Waals surface area contributed by atoms with Crippen molar-refractivity contribution in [2.24, 2.45) is 0 Å². The molecule has 0 radical (unpaired) electrons. The fourth-order valence-electron chi connectivity index (χ4n) is 2.45. The maximum atomic E-state index is 4.49. The fraction of sp³-hybridized carbons (Fsp3) is 0.714. The Kier molecular flexibility index (Phi) is 5.10. The van der Waals surface area contributed by atoms with Gasteiger partial charge in [-0.25, -0.2) is 9.97 Å². The third-order valence-electron chi connectivity index (χ3n) is 3.75. The Balaban J connectivity index is 1.89. The van der Waals surface area contributed by atoms with Crippen LogP contribution in [0.4, 0.5) is 5.95 Å². The monoisotopic (exact) mass is 263 g/mol. The molecule has 1 fully saturated rings. The summed E-state index contributed by atoms with van der Waals surface area (Å²) in [5.74, 6) is 0.873. The van der Waals surface area contributed by atoms with E-state index in [0.29, 0.717) is 6.04 Å². The molecule has 5 nitrogen and oxygen atoms in total. The molecular weight excluding hydrogens is 238 g/mol. The molecule has 0 bridgehead atoms. The standard InChI is InChI=1S/C14H25N5/c1-4-15-9-12-10-16-14(17-11-12)19-7-5-13(6-8-19)18(2)3/h10-11,13,15H,4-9H2,1-3H3. The van der Waals surface area contributed by atoms with Crippen LogP contribution in [0.3, 0.4) is 0 Å². The van der Waals surface area contributed by atoms with Crippen LogP contribution in [0.25, 0.3) is 0 Å². The number of aromatic nitrogens is 2. The molecule has 0 amide bonds. The Morgan fingerprint density at radius 3 is 2.42 bits per heavy atom. The number of hydrogen-bond acceptors (Lipinski definition) is 5. The second-order valence-corrected chi connectivity index (χ2v) is 5.35. The lowest BCUT2D eigenvalue weighted by atomic mass is 10.0. The maximum absolute atomic E-state index is 4.49. The van der Waals surface area contributed by atoms with Gasteiger partial charge in [-0.15, -0.1) is 0 Å². The number of nitrogens with zero attached hydrogens (tertiary/aromatic N) is 4. The van der Waals surface area contributed by atoms with Crippen molar-refractivity contribution < 1.29 is 0 Å². The lowest BCUT2D eigenvalue weighted by Crippen LogP contribution is -2.42. The summed E-state index contributed by atoms with van der Waals surface area (Å²) in [6, 6.07) is 0.698. The highest BCUT2D eigenvalue weighted by atomic mass is 15.3. The minimum atomic E-state index is 0.698. The average Bonchev–Trinajstić information content (AvgIpc) is 2.46. The molecule has 1 aromatic heterocycles. The van der Waals surface area contributed by atoms with Gasteiger partial charge >= 0.3 is 0 Å². The van der Waals surface area contributed by atoms with Gasteiger partial charge in [0.25, 0.3) is 0 Å². The molecule has 1 aliphatic rings. The van der Waals surface area contributed by atoms with E-state index in [1.165, 1.54) is 12.8 Å². The van der Waals surface area contributed by atoms with Gasteiger partial charge in [0.1, 0.15) is 0 Å². The van der Waals surface area contributed by atoms with Gasteiger partial charge in [0, 0.05) is 43.6 Å². The van der Waals surface area contributed by atoms with E-state index in [1.54, 1.807) is 0 Å². The molecule has 0 unspecified atom stereocenters. The summed E-state index contributed by atoms with van der Waals surface area (Å²) >= 11 is 0. The Morgan fingerprint density at radius 1 is 1.26 bits per heavy atom. The van der Waals surface area contributed by atoms with Crippen LogP contribution in [0.5, 0.6) is 0 Å². The quantitative estimate of drug-likeness (QED) is 0.862. The molecule has 0 atom stereocenters. The number of rotatable bonds is 5. The molecule has 1 saturated heterocycles. The van der Waals surface area contributed by atoms with Crippen molar-refractivity contribution in [1.29, 1.82) is 0 Å². The molecular formula is C14H25N5. The van der Waals surface area contributed by atoms with Crippen molar-refractivity contribution >= 4 is 5.95 Å². The summed E-state index contributed by atoms with van der Waals surface area (Å²) in [4.78, 5) is 13.6. The molecule has 1 N–H and O–H groups in total. The minimum absolute atomic E-state index is 0.698. The van der Waals surface area contributed by atoms with Crippen molar-refractivity contribution in [3.8, 4) is 0 Å². The summed E-state index contributed by atoms with van der Waals surface area (Å²) in [6.45, 7) is 6.02. The van der Waals surface area contributed by atoms with E-state index in [4.69, 9.17) is 0 Å². The topological polar surface area (TPSA) is 44.3 Å². The van der Waals surface area contributed by atoms with E-state index < -0.39 is 0 Å². The van der Waals surface area contributed by atoms with Gasteiger partial charge in [0.2, 0.25) is 5.95 Å². The lowest BCUT2D eigenvalue weighted by molar-refractivity contribution is 0.249. The summed E-state index contributed by atoms with van der Waals surface area (Å²) in [5, 5.41) is 3.28. The number of nitrogens with one attached hydrogen (secondary N) is 1. The SMILES string of the molecule is CCNCc1cnc(N2CCC(N(C)C)CC2)nc1. The van der Waals surface area contributed by atoms with Gasteiger partial charge in [0.05, 0.1) is 0 Å². The lowest BCUT2D eigenvalue weighted by Gasteiger charge is -2.35. The number of hydrogen-bond donors (Lipinski definition) is 1. The Morgan fingerprint density at radius 2 is 1.89 bits per heavy atom. The zero-order valence-electron chi connectivity index (χ0n) is 12.3. The van der Waals surface area contributed by atoms with Gasteiger partial charge in [-0.05, 0) is 33.5 Å². The molecule has 5 heteroatoms. The number of piperidine rings is 1. The maximum Gasteiger partial charge on any atom is 0.225 e. The highest BCUT2D eigenvalue weighted by Crippen LogP contribution is 2.18. The normalized spacial score (nSPS) is 17.2. The van der Waals surface area contributed by atoms with Gasteiger partial charge < -0.3 is 15.1 Å². The van der Waals surface area contributed by atoms with E-state index in [9.17, 15) is 0 Å². The molecule has 0 aliphatic carbocycles. The predicted molar refractivity (Wildman–Crippen MR) is 78.3 cm³/mol. The highest BCUT2D eigenvalue weighted by molar-refractivity contribution is 5.30. The van der Waals surface area contributed by atoms with Crippen molar-refractivity contribution in [2.75, 3.05) is 38.6 Å². The van der Waals surface area contributed by atoms with Crippen LogP contribution in [-0.4, -0.2) is 54.6 Å². The van der Waals surface area contributed by atoms with Crippen LogP contribution in [0.1, 0.15) is 25.3 Å². The van der Waals surface area contributed by atoms with Crippen LogP contribution in [0.15, 0.2) is 12.4 Å². The van der Waals surface area contributed by atoms with Gasteiger partial charge in [-0.1, -0.05) is 6.92 Å². The van der Waals surface area contributed by atoms with Crippen LogP contribution >= 0.6 is 0 Å². The Hall–Kier alpha value is -1.20. The van der Waals surface area contributed by atoms with Crippen LogP contribution < -0.4 is 10.2 Å². The Labute approximate surface area is 116 Å². The molecule has 0 spiro atoms. The minimum Gasteiger partial charge on any atom is -0.341 e. The molecule has 19 heavy (non-hydrogen) atoms. The summed E-state index contributed by atoms with van der Waals surface area (Å²) in [7, 11) is 4.32. The van der Waals surface area contributed by atoms with E-state index in [-0.39, 0.29) is 0 Å². The van der Waals surface area contributed by atoms with E-state index in [2.05, 4.69) is 46.1 Å². The smallest absolute Gasteiger partial charge is 0.225 e. The van der Waals surface area contributed by atoms with Crippen molar-refractivity contribution in [2.45, 2.75) is 32.4 Å². The summed E-state index contributed by atoms with van der Waals surface area (Å²) in [6.07, 6.45) is 6.25. The summed E-state index contributed by atoms with van der Waals surface area (Å²) in [5.41, 5.74) is 1.15. The second kappa shape index (κ2) is 6.82. The third kappa shape index (κ3) is 3.88.